The SMILES string of the molecule is Cc1ccc(C)c(N2C(=O)[C@H](c3c(C)nn(-c4ccccc4)c3C)NC2=S)c1. The van der Waals surface area contributed by atoms with Gasteiger partial charge in [0.1, 0.15) is 6.04 Å². The lowest BCUT2D eigenvalue weighted by atomic mass is 10.0. The highest BCUT2D eigenvalue weighted by Crippen LogP contribution is 2.33. The number of carbonyl (C=O) groups excluding carboxylic acids is 1. The number of amides is 1. The molecule has 1 saturated heterocycles. The van der Waals surface area contributed by atoms with Gasteiger partial charge in [0.15, 0.2) is 5.11 Å². The molecule has 3 aromatic rings. The molecular weight excluding hydrogens is 368 g/mol. The highest BCUT2D eigenvalue weighted by Gasteiger charge is 2.40. The molecule has 6 heteroatoms. The maximum atomic E-state index is 13.4. The summed E-state index contributed by atoms with van der Waals surface area (Å²) in [5.41, 5.74) is 6.52. The predicted octanol–water partition coefficient (Wildman–Crippen LogP) is 4.07. The maximum Gasteiger partial charge on any atom is 0.260 e. The fourth-order valence-electron chi connectivity index (χ4n) is 3.76. The number of nitrogens with zero attached hydrogens (tertiary/aromatic N) is 3. The van der Waals surface area contributed by atoms with Crippen LogP contribution < -0.4 is 10.2 Å². The van der Waals surface area contributed by atoms with E-state index in [1.165, 1.54) is 0 Å². The van der Waals surface area contributed by atoms with Gasteiger partial charge in [0.2, 0.25) is 0 Å². The lowest BCUT2D eigenvalue weighted by Crippen LogP contribution is -2.31. The molecule has 0 unspecified atom stereocenters. The molecule has 5 nitrogen and oxygen atoms in total. The van der Waals surface area contributed by atoms with E-state index in [1.807, 2.05) is 80.9 Å². The molecule has 1 atom stereocenters. The van der Waals surface area contributed by atoms with Crippen LogP contribution in [0.2, 0.25) is 0 Å². The van der Waals surface area contributed by atoms with Gasteiger partial charge in [0.05, 0.1) is 17.1 Å². The first kappa shape index (κ1) is 18.4. The monoisotopic (exact) mass is 390 g/mol. The summed E-state index contributed by atoms with van der Waals surface area (Å²) in [7, 11) is 0. The molecule has 2 aromatic carbocycles. The lowest BCUT2D eigenvalue weighted by molar-refractivity contribution is -0.118. The van der Waals surface area contributed by atoms with E-state index in [-0.39, 0.29) is 5.91 Å². The van der Waals surface area contributed by atoms with E-state index in [0.29, 0.717) is 5.11 Å². The Hall–Kier alpha value is -2.99. The third-order valence-electron chi connectivity index (χ3n) is 5.18. The van der Waals surface area contributed by atoms with Crippen LogP contribution in [0.15, 0.2) is 48.5 Å². The van der Waals surface area contributed by atoms with Gasteiger partial charge in [-0.2, -0.15) is 5.10 Å². The number of anilines is 1. The second-order valence-corrected chi connectivity index (χ2v) is 7.56. The molecule has 0 saturated carbocycles. The van der Waals surface area contributed by atoms with Crippen LogP contribution in [0.5, 0.6) is 0 Å². The van der Waals surface area contributed by atoms with Crippen LogP contribution in [0.3, 0.4) is 0 Å². The predicted molar refractivity (Wildman–Crippen MR) is 115 cm³/mol. The Morgan fingerprint density at radius 1 is 1.04 bits per heavy atom. The first-order valence-electron chi connectivity index (χ1n) is 9.21. The van der Waals surface area contributed by atoms with Gasteiger partial charge in [-0.1, -0.05) is 30.3 Å². The Balaban J connectivity index is 1.76. The number of benzene rings is 2. The van der Waals surface area contributed by atoms with Crippen molar-refractivity contribution in [1.82, 2.24) is 15.1 Å². The second kappa shape index (κ2) is 6.87. The molecule has 0 spiro atoms. The van der Waals surface area contributed by atoms with Crippen molar-refractivity contribution in [2.24, 2.45) is 0 Å². The van der Waals surface area contributed by atoms with Crippen molar-refractivity contribution in [2.75, 3.05) is 4.90 Å². The van der Waals surface area contributed by atoms with Gasteiger partial charge in [-0.3, -0.25) is 9.69 Å². The van der Waals surface area contributed by atoms with Gasteiger partial charge in [0, 0.05) is 11.3 Å². The average Bonchev–Trinajstić information content (AvgIpc) is 3.13. The van der Waals surface area contributed by atoms with Gasteiger partial charge in [-0.05, 0) is 69.2 Å². The summed E-state index contributed by atoms with van der Waals surface area (Å²) in [6.07, 6.45) is 0. The van der Waals surface area contributed by atoms with Crippen molar-refractivity contribution >= 4 is 28.9 Å². The Labute approximate surface area is 170 Å². The molecule has 28 heavy (non-hydrogen) atoms. The van der Waals surface area contributed by atoms with Crippen LogP contribution in [0.25, 0.3) is 5.69 Å². The molecule has 1 N–H and O–H groups in total. The average molecular weight is 391 g/mol. The molecule has 1 amide bonds. The molecule has 0 aliphatic carbocycles. The third kappa shape index (κ3) is 2.90. The van der Waals surface area contributed by atoms with E-state index < -0.39 is 6.04 Å². The zero-order chi connectivity index (χ0) is 20.0. The molecule has 2 heterocycles. The summed E-state index contributed by atoms with van der Waals surface area (Å²) in [5, 5.41) is 8.32. The number of hydrogen-bond acceptors (Lipinski definition) is 3. The molecule has 4 rings (SSSR count). The number of carbonyl (C=O) groups is 1. The number of nitrogens with one attached hydrogen (secondary N) is 1. The Bertz CT molecular complexity index is 1090. The van der Waals surface area contributed by atoms with Crippen LogP contribution in [-0.2, 0) is 4.79 Å². The largest absolute Gasteiger partial charge is 0.346 e. The summed E-state index contributed by atoms with van der Waals surface area (Å²) in [6, 6.07) is 15.4. The minimum atomic E-state index is -0.537. The maximum absolute atomic E-state index is 13.4. The minimum Gasteiger partial charge on any atom is -0.346 e. The Morgan fingerprint density at radius 2 is 1.75 bits per heavy atom. The van der Waals surface area contributed by atoms with Crippen molar-refractivity contribution in [3.63, 3.8) is 0 Å². The minimum absolute atomic E-state index is 0.0717. The summed E-state index contributed by atoms with van der Waals surface area (Å²) in [5.74, 6) is -0.0717. The van der Waals surface area contributed by atoms with E-state index >= 15 is 0 Å². The van der Waals surface area contributed by atoms with Crippen molar-refractivity contribution in [3.05, 3.63) is 76.6 Å². The van der Waals surface area contributed by atoms with Gasteiger partial charge < -0.3 is 5.32 Å². The van der Waals surface area contributed by atoms with Crippen molar-refractivity contribution in [3.8, 4) is 5.69 Å². The highest BCUT2D eigenvalue weighted by atomic mass is 32.1. The normalized spacial score (nSPS) is 16.6. The zero-order valence-corrected chi connectivity index (χ0v) is 17.2. The standard InChI is InChI=1S/C22H22N4OS/c1-13-10-11-14(2)18(12-13)25-21(27)20(23-22(25)28)19-15(3)24-26(16(19)4)17-8-6-5-7-9-17/h5-12,20H,1-4H3,(H,23,28)/t20-/m0/s1. The third-order valence-corrected chi connectivity index (χ3v) is 5.48. The van der Waals surface area contributed by atoms with E-state index in [4.69, 9.17) is 12.2 Å². The van der Waals surface area contributed by atoms with Crippen molar-refractivity contribution in [1.29, 1.82) is 0 Å². The molecule has 1 aliphatic rings. The summed E-state index contributed by atoms with van der Waals surface area (Å²) >= 11 is 5.53. The number of thiocarbonyl (C=S) groups is 1. The molecule has 0 radical (unpaired) electrons. The first-order valence-corrected chi connectivity index (χ1v) is 9.62. The Morgan fingerprint density at radius 3 is 2.46 bits per heavy atom. The summed E-state index contributed by atoms with van der Waals surface area (Å²) in [4.78, 5) is 15.0. The molecular formula is C22H22N4OS. The number of rotatable bonds is 3. The van der Waals surface area contributed by atoms with Crippen molar-refractivity contribution < 1.29 is 4.79 Å². The van der Waals surface area contributed by atoms with E-state index in [0.717, 1.165) is 39.5 Å². The molecule has 1 aliphatic heterocycles. The molecule has 1 fully saturated rings. The fraction of sp³-hybridized carbons (Fsp3) is 0.227. The molecule has 1 aromatic heterocycles. The number of hydrogen-bond donors (Lipinski definition) is 1. The lowest BCUT2D eigenvalue weighted by Gasteiger charge is -2.18. The van der Waals surface area contributed by atoms with Crippen molar-refractivity contribution in [2.45, 2.75) is 33.7 Å². The highest BCUT2D eigenvalue weighted by molar-refractivity contribution is 7.80. The van der Waals surface area contributed by atoms with Crippen LogP contribution >= 0.6 is 12.2 Å². The van der Waals surface area contributed by atoms with Crippen LogP contribution in [0.4, 0.5) is 5.69 Å². The van der Waals surface area contributed by atoms with E-state index in [2.05, 4.69) is 10.4 Å². The first-order chi connectivity index (χ1) is 13.4. The molecule has 0 bridgehead atoms. The van der Waals surface area contributed by atoms with Crippen LogP contribution in [0.1, 0.15) is 34.1 Å². The number of aromatic nitrogens is 2. The van der Waals surface area contributed by atoms with E-state index in [9.17, 15) is 4.79 Å². The van der Waals surface area contributed by atoms with Crippen LogP contribution in [-0.4, -0.2) is 20.8 Å². The molecule has 142 valence electrons. The van der Waals surface area contributed by atoms with E-state index in [1.54, 1.807) is 4.90 Å². The fourth-order valence-corrected chi connectivity index (χ4v) is 4.06. The van der Waals surface area contributed by atoms with Gasteiger partial charge in [-0.15, -0.1) is 0 Å². The van der Waals surface area contributed by atoms with Gasteiger partial charge in [0.25, 0.3) is 5.91 Å². The van der Waals surface area contributed by atoms with Gasteiger partial charge in [-0.25, -0.2) is 4.68 Å². The van der Waals surface area contributed by atoms with Gasteiger partial charge >= 0.3 is 0 Å². The quantitative estimate of drug-likeness (QED) is 0.685. The summed E-state index contributed by atoms with van der Waals surface area (Å²) in [6.45, 7) is 7.92. The Kier molecular flexibility index (Phi) is 4.51. The number of para-hydroxylation sites is 1. The smallest absolute Gasteiger partial charge is 0.260 e. The topological polar surface area (TPSA) is 50.2 Å². The summed E-state index contributed by atoms with van der Waals surface area (Å²) < 4.78 is 1.88. The zero-order valence-electron chi connectivity index (χ0n) is 16.4. The van der Waals surface area contributed by atoms with Crippen LogP contribution in [0, 0.1) is 27.7 Å². The second-order valence-electron chi connectivity index (χ2n) is 7.18. The number of aryl methyl sites for hydroxylation is 3.